The molecule has 0 bridgehead atoms. The van der Waals surface area contributed by atoms with Crippen molar-refractivity contribution in [3.05, 3.63) is 52.5 Å². The first-order chi connectivity index (χ1) is 8.99. The van der Waals surface area contributed by atoms with Gasteiger partial charge in [-0.2, -0.15) is 0 Å². The zero-order chi connectivity index (χ0) is 14.0. The van der Waals surface area contributed by atoms with Crippen molar-refractivity contribution in [2.24, 2.45) is 0 Å². The number of nitrogen functional groups attached to an aromatic ring is 1. The molecule has 0 fully saturated rings. The van der Waals surface area contributed by atoms with E-state index in [1.807, 2.05) is 19.1 Å². The van der Waals surface area contributed by atoms with Gasteiger partial charge in [-0.25, -0.2) is 4.79 Å². The monoisotopic (exact) mass is 276 g/mol. The number of halogens is 1. The highest BCUT2D eigenvalue weighted by Crippen LogP contribution is 2.27. The van der Waals surface area contributed by atoms with Crippen molar-refractivity contribution in [1.82, 2.24) is 0 Å². The normalized spacial score (nSPS) is 10.2. The average molecular weight is 277 g/mol. The van der Waals surface area contributed by atoms with Crippen LogP contribution in [0.2, 0.25) is 5.02 Å². The molecule has 4 N–H and O–H groups in total. The van der Waals surface area contributed by atoms with Gasteiger partial charge in [0.1, 0.15) is 0 Å². The summed E-state index contributed by atoms with van der Waals surface area (Å²) in [7, 11) is 0. The number of carbonyl (C=O) groups is 1. The predicted octanol–water partition coefficient (Wildman–Crippen LogP) is 3.67. The molecule has 0 saturated carbocycles. The largest absolute Gasteiger partial charge is 0.478 e. The van der Waals surface area contributed by atoms with Crippen LogP contribution in [0.15, 0.2) is 36.4 Å². The molecule has 19 heavy (non-hydrogen) atoms. The van der Waals surface area contributed by atoms with Crippen molar-refractivity contribution in [3.63, 3.8) is 0 Å². The minimum Gasteiger partial charge on any atom is -0.478 e. The van der Waals surface area contributed by atoms with Crippen LogP contribution in [0, 0.1) is 6.92 Å². The number of carboxylic acid groups (broad SMARTS) is 1. The smallest absolute Gasteiger partial charge is 0.337 e. The number of aromatic carboxylic acids is 1. The second-order valence-electron chi connectivity index (χ2n) is 4.14. The molecule has 0 aliphatic carbocycles. The molecular formula is C14H13ClN2O2. The molecule has 2 aromatic carbocycles. The highest BCUT2D eigenvalue weighted by Gasteiger charge is 2.09. The topological polar surface area (TPSA) is 75.3 Å². The number of rotatable bonds is 3. The fourth-order valence-corrected chi connectivity index (χ4v) is 1.89. The Bertz CT molecular complexity index is 641. The van der Waals surface area contributed by atoms with Crippen molar-refractivity contribution < 1.29 is 9.90 Å². The Morgan fingerprint density at radius 3 is 2.74 bits per heavy atom. The van der Waals surface area contributed by atoms with Gasteiger partial charge in [-0.15, -0.1) is 0 Å². The third kappa shape index (κ3) is 2.80. The Balaban J connectivity index is 2.36. The SMILES string of the molecule is Cc1c(Cl)cccc1Nc1ccc(N)c(C(=O)O)c1. The van der Waals surface area contributed by atoms with E-state index in [4.69, 9.17) is 22.4 Å². The van der Waals surface area contributed by atoms with Crippen molar-refractivity contribution in [2.75, 3.05) is 11.1 Å². The van der Waals surface area contributed by atoms with Crippen molar-refractivity contribution in [2.45, 2.75) is 6.92 Å². The first-order valence-corrected chi connectivity index (χ1v) is 6.02. The van der Waals surface area contributed by atoms with E-state index in [1.165, 1.54) is 6.07 Å². The molecule has 0 aromatic heterocycles. The molecule has 98 valence electrons. The van der Waals surface area contributed by atoms with Gasteiger partial charge in [-0.1, -0.05) is 17.7 Å². The highest BCUT2D eigenvalue weighted by atomic mass is 35.5. The van der Waals surface area contributed by atoms with Gasteiger partial charge in [0.25, 0.3) is 0 Å². The lowest BCUT2D eigenvalue weighted by atomic mass is 10.1. The van der Waals surface area contributed by atoms with E-state index in [2.05, 4.69) is 5.32 Å². The maximum Gasteiger partial charge on any atom is 0.337 e. The molecule has 4 nitrogen and oxygen atoms in total. The van der Waals surface area contributed by atoms with E-state index in [0.717, 1.165) is 11.3 Å². The van der Waals surface area contributed by atoms with E-state index in [9.17, 15) is 4.79 Å². The second-order valence-corrected chi connectivity index (χ2v) is 4.55. The maximum absolute atomic E-state index is 11.0. The van der Waals surface area contributed by atoms with Gasteiger partial charge >= 0.3 is 5.97 Å². The van der Waals surface area contributed by atoms with E-state index in [1.54, 1.807) is 18.2 Å². The summed E-state index contributed by atoms with van der Waals surface area (Å²) >= 11 is 6.03. The molecule has 0 atom stereocenters. The lowest BCUT2D eigenvalue weighted by Crippen LogP contribution is -2.03. The van der Waals surface area contributed by atoms with Crippen LogP contribution in [0.3, 0.4) is 0 Å². The molecule has 0 spiro atoms. The Morgan fingerprint density at radius 1 is 1.32 bits per heavy atom. The first kappa shape index (κ1) is 13.2. The maximum atomic E-state index is 11.0. The van der Waals surface area contributed by atoms with E-state index in [-0.39, 0.29) is 11.3 Å². The standard InChI is InChI=1S/C14H13ClN2O2/c1-8-11(15)3-2-4-13(8)17-9-5-6-12(16)10(7-9)14(18)19/h2-7,17H,16H2,1H3,(H,18,19). The third-order valence-corrected chi connectivity index (χ3v) is 3.24. The van der Waals surface area contributed by atoms with Gasteiger partial charge in [0.2, 0.25) is 0 Å². The van der Waals surface area contributed by atoms with Crippen molar-refractivity contribution in [1.29, 1.82) is 0 Å². The minimum absolute atomic E-state index is 0.0738. The summed E-state index contributed by atoms with van der Waals surface area (Å²) in [4.78, 5) is 11.0. The summed E-state index contributed by atoms with van der Waals surface area (Å²) in [6, 6.07) is 10.3. The molecular weight excluding hydrogens is 264 g/mol. The molecule has 0 saturated heterocycles. The van der Waals surface area contributed by atoms with Gasteiger partial charge < -0.3 is 16.2 Å². The van der Waals surface area contributed by atoms with Gasteiger partial charge in [0.15, 0.2) is 0 Å². The number of carboxylic acids is 1. The van der Waals surface area contributed by atoms with Crippen LogP contribution in [0.25, 0.3) is 0 Å². The summed E-state index contributed by atoms with van der Waals surface area (Å²) in [6.07, 6.45) is 0. The van der Waals surface area contributed by atoms with Gasteiger partial charge in [-0.3, -0.25) is 0 Å². The molecule has 0 unspecified atom stereocenters. The fourth-order valence-electron chi connectivity index (χ4n) is 1.72. The molecule has 0 amide bonds. The Hall–Kier alpha value is -2.20. The molecule has 0 radical (unpaired) electrons. The zero-order valence-corrected chi connectivity index (χ0v) is 11.0. The number of nitrogens with one attached hydrogen (secondary N) is 1. The van der Waals surface area contributed by atoms with Crippen LogP contribution in [0.5, 0.6) is 0 Å². The lowest BCUT2D eigenvalue weighted by Gasteiger charge is -2.12. The zero-order valence-electron chi connectivity index (χ0n) is 10.3. The van der Waals surface area contributed by atoms with Crippen LogP contribution in [-0.4, -0.2) is 11.1 Å². The Labute approximate surface area is 115 Å². The Kier molecular flexibility index (Phi) is 3.62. The number of nitrogens with two attached hydrogens (primary N) is 1. The van der Waals surface area contributed by atoms with E-state index < -0.39 is 5.97 Å². The van der Waals surface area contributed by atoms with Gasteiger partial charge in [0, 0.05) is 22.1 Å². The van der Waals surface area contributed by atoms with E-state index in [0.29, 0.717) is 10.7 Å². The summed E-state index contributed by atoms with van der Waals surface area (Å²) < 4.78 is 0. The van der Waals surface area contributed by atoms with Crippen molar-refractivity contribution >= 4 is 34.6 Å². The van der Waals surface area contributed by atoms with Gasteiger partial charge in [0.05, 0.1) is 5.56 Å². The van der Waals surface area contributed by atoms with E-state index >= 15 is 0 Å². The molecule has 2 rings (SSSR count). The van der Waals surface area contributed by atoms with Crippen LogP contribution < -0.4 is 11.1 Å². The third-order valence-electron chi connectivity index (χ3n) is 2.83. The fraction of sp³-hybridized carbons (Fsp3) is 0.0714. The molecule has 5 heteroatoms. The number of benzene rings is 2. The summed E-state index contributed by atoms with van der Waals surface area (Å²) in [5, 5.41) is 12.8. The first-order valence-electron chi connectivity index (χ1n) is 5.64. The van der Waals surface area contributed by atoms with Crippen LogP contribution in [0.4, 0.5) is 17.1 Å². The summed E-state index contributed by atoms with van der Waals surface area (Å²) in [5.41, 5.74) is 8.30. The number of hydrogen-bond acceptors (Lipinski definition) is 3. The summed E-state index contributed by atoms with van der Waals surface area (Å²) in [6.45, 7) is 1.89. The highest BCUT2D eigenvalue weighted by molar-refractivity contribution is 6.31. The second kappa shape index (κ2) is 5.20. The number of anilines is 3. The quantitative estimate of drug-likeness (QED) is 0.748. The average Bonchev–Trinajstić information content (AvgIpc) is 2.37. The van der Waals surface area contributed by atoms with Crippen LogP contribution in [-0.2, 0) is 0 Å². The summed E-state index contributed by atoms with van der Waals surface area (Å²) in [5.74, 6) is -1.05. The molecule has 0 aliphatic heterocycles. The lowest BCUT2D eigenvalue weighted by molar-refractivity contribution is 0.0698. The molecule has 0 aliphatic rings. The number of hydrogen-bond donors (Lipinski definition) is 3. The van der Waals surface area contributed by atoms with Crippen LogP contribution in [0.1, 0.15) is 15.9 Å². The molecule has 2 aromatic rings. The Morgan fingerprint density at radius 2 is 2.05 bits per heavy atom. The minimum atomic E-state index is -1.05. The van der Waals surface area contributed by atoms with Gasteiger partial charge in [-0.05, 0) is 42.8 Å². The predicted molar refractivity (Wildman–Crippen MR) is 77.3 cm³/mol. The molecule has 0 heterocycles. The van der Waals surface area contributed by atoms with Crippen LogP contribution >= 0.6 is 11.6 Å². The van der Waals surface area contributed by atoms with Crippen molar-refractivity contribution in [3.8, 4) is 0 Å².